The molecule has 2 aromatic carbocycles. The van der Waals surface area contributed by atoms with Gasteiger partial charge in [-0.1, -0.05) is 12.1 Å². The van der Waals surface area contributed by atoms with Gasteiger partial charge in [0.15, 0.2) is 11.5 Å². The molecule has 6 nitrogen and oxygen atoms in total. The van der Waals surface area contributed by atoms with E-state index in [9.17, 15) is 0 Å². The third kappa shape index (κ3) is 4.45. The van der Waals surface area contributed by atoms with Gasteiger partial charge in [-0.25, -0.2) is 0 Å². The van der Waals surface area contributed by atoms with E-state index in [1.165, 1.54) is 0 Å². The van der Waals surface area contributed by atoms with Gasteiger partial charge in [-0.3, -0.25) is 5.41 Å². The summed E-state index contributed by atoms with van der Waals surface area (Å²) in [4.78, 5) is 0. The van der Waals surface area contributed by atoms with Crippen LogP contribution in [0.25, 0.3) is 0 Å². The number of hydrogen-bond donors (Lipinski definition) is 2. The average Bonchev–Trinajstić information content (AvgIpc) is 2.59. The van der Waals surface area contributed by atoms with E-state index in [-0.39, 0.29) is 18.2 Å². The topological polar surface area (TPSA) is 86.8 Å². The summed E-state index contributed by atoms with van der Waals surface area (Å²) in [5.74, 6) is 2.32. The molecule has 24 heavy (non-hydrogen) atoms. The lowest BCUT2D eigenvalue weighted by Gasteiger charge is -2.14. The minimum atomic E-state index is 0. The Hall–Kier alpha value is -2.60. The van der Waals surface area contributed by atoms with Crippen molar-refractivity contribution >= 4 is 18.2 Å². The molecule has 0 amide bonds. The smallest absolute Gasteiger partial charge is 0.203 e. The molecule has 0 fully saturated rings. The number of amidine groups is 1. The molecule has 7 heteroatoms. The first-order valence-electron chi connectivity index (χ1n) is 6.95. The Morgan fingerprint density at radius 2 is 1.62 bits per heavy atom. The molecule has 0 atom stereocenters. The maximum Gasteiger partial charge on any atom is 0.203 e. The van der Waals surface area contributed by atoms with E-state index in [0.717, 1.165) is 5.56 Å². The van der Waals surface area contributed by atoms with E-state index in [0.29, 0.717) is 35.2 Å². The molecule has 0 aromatic heterocycles. The fourth-order valence-corrected chi connectivity index (χ4v) is 2.14. The molecule has 0 saturated heterocycles. The molecule has 0 aliphatic heterocycles. The number of methoxy groups -OCH3 is 3. The van der Waals surface area contributed by atoms with Crippen LogP contribution in [0, 0.1) is 5.41 Å². The molecule has 0 saturated carbocycles. The maximum atomic E-state index is 7.45. The van der Waals surface area contributed by atoms with Gasteiger partial charge in [0.05, 0.1) is 21.3 Å². The van der Waals surface area contributed by atoms with Gasteiger partial charge in [-0.2, -0.15) is 0 Å². The Bertz CT molecular complexity index is 682. The SMILES string of the molecule is COc1cc(COc2cccc(C(=N)N)c2)cc(OC)c1OC.Cl. The number of rotatable bonds is 7. The fourth-order valence-electron chi connectivity index (χ4n) is 2.14. The third-order valence-corrected chi connectivity index (χ3v) is 3.28. The molecular weight excluding hydrogens is 332 g/mol. The van der Waals surface area contributed by atoms with Gasteiger partial charge in [0, 0.05) is 5.56 Å². The molecule has 3 N–H and O–H groups in total. The summed E-state index contributed by atoms with van der Waals surface area (Å²) in [7, 11) is 4.69. The Labute approximate surface area is 147 Å². The number of benzene rings is 2. The normalized spacial score (nSPS) is 9.62. The van der Waals surface area contributed by atoms with Crippen LogP contribution in [-0.2, 0) is 6.61 Å². The maximum absolute atomic E-state index is 7.45. The van der Waals surface area contributed by atoms with Crippen LogP contribution in [-0.4, -0.2) is 27.2 Å². The van der Waals surface area contributed by atoms with E-state index in [1.54, 1.807) is 39.5 Å². The monoisotopic (exact) mass is 352 g/mol. The quantitative estimate of drug-likeness (QED) is 0.591. The first-order valence-corrected chi connectivity index (χ1v) is 6.95. The Morgan fingerprint density at radius 3 is 2.12 bits per heavy atom. The van der Waals surface area contributed by atoms with Crippen LogP contribution < -0.4 is 24.7 Å². The fraction of sp³-hybridized carbons (Fsp3) is 0.235. The summed E-state index contributed by atoms with van der Waals surface area (Å²) in [6.07, 6.45) is 0. The Kier molecular flexibility index (Phi) is 7.20. The van der Waals surface area contributed by atoms with Crippen molar-refractivity contribution in [1.29, 1.82) is 5.41 Å². The molecule has 130 valence electrons. The number of nitrogen functional groups attached to an aromatic ring is 1. The van der Waals surface area contributed by atoms with E-state index in [2.05, 4.69) is 0 Å². The molecule has 0 radical (unpaired) electrons. The molecular formula is C17H21ClN2O4. The highest BCUT2D eigenvalue weighted by molar-refractivity contribution is 5.95. The minimum absolute atomic E-state index is 0. The minimum Gasteiger partial charge on any atom is -0.493 e. The van der Waals surface area contributed by atoms with Crippen LogP contribution in [0.15, 0.2) is 36.4 Å². The molecule has 0 aliphatic rings. The highest BCUT2D eigenvalue weighted by Crippen LogP contribution is 2.38. The zero-order valence-electron chi connectivity index (χ0n) is 13.8. The lowest BCUT2D eigenvalue weighted by Crippen LogP contribution is -2.10. The number of halogens is 1. The van der Waals surface area contributed by atoms with Crippen molar-refractivity contribution in [3.8, 4) is 23.0 Å². The molecule has 2 aromatic rings. The molecule has 2 rings (SSSR count). The van der Waals surface area contributed by atoms with Crippen molar-refractivity contribution in [2.45, 2.75) is 6.61 Å². The van der Waals surface area contributed by atoms with Gasteiger partial charge in [0.25, 0.3) is 0 Å². The molecule has 0 spiro atoms. The standard InChI is InChI=1S/C17H20N2O4.ClH/c1-20-14-7-11(8-15(21-2)16(14)22-3)10-23-13-6-4-5-12(9-13)17(18)19;/h4-9H,10H2,1-3H3,(H3,18,19);1H. The van der Waals surface area contributed by atoms with Crippen molar-refractivity contribution in [1.82, 2.24) is 0 Å². The van der Waals surface area contributed by atoms with E-state index < -0.39 is 0 Å². The molecule has 0 aliphatic carbocycles. The van der Waals surface area contributed by atoms with Crippen LogP contribution in [0.2, 0.25) is 0 Å². The first-order chi connectivity index (χ1) is 11.1. The van der Waals surface area contributed by atoms with Crippen LogP contribution in [0.1, 0.15) is 11.1 Å². The third-order valence-electron chi connectivity index (χ3n) is 3.28. The van der Waals surface area contributed by atoms with Crippen molar-refractivity contribution in [2.24, 2.45) is 5.73 Å². The van der Waals surface area contributed by atoms with Crippen molar-refractivity contribution < 1.29 is 18.9 Å². The average molecular weight is 353 g/mol. The lowest BCUT2D eigenvalue weighted by atomic mass is 10.2. The predicted octanol–water partition coefficient (Wildman–Crippen LogP) is 3.00. The highest BCUT2D eigenvalue weighted by atomic mass is 35.5. The van der Waals surface area contributed by atoms with E-state index >= 15 is 0 Å². The Morgan fingerprint density at radius 1 is 1.00 bits per heavy atom. The number of ether oxygens (including phenoxy) is 4. The second-order valence-electron chi connectivity index (χ2n) is 4.76. The van der Waals surface area contributed by atoms with E-state index in [4.69, 9.17) is 30.1 Å². The number of hydrogen-bond acceptors (Lipinski definition) is 5. The predicted molar refractivity (Wildman–Crippen MR) is 95.1 cm³/mol. The second-order valence-corrected chi connectivity index (χ2v) is 4.76. The summed E-state index contributed by atoms with van der Waals surface area (Å²) >= 11 is 0. The summed E-state index contributed by atoms with van der Waals surface area (Å²) in [5, 5.41) is 7.45. The molecule has 0 heterocycles. The van der Waals surface area contributed by atoms with Crippen molar-refractivity contribution in [3.63, 3.8) is 0 Å². The summed E-state index contributed by atoms with van der Waals surface area (Å²) in [5.41, 5.74) is 6.96. The number of nitrogens with one attached hydrogen (secondary N) is 1. The van der Waals surface area contributed by atoms with Gasteiger partial charge in [-0.15, -0.1) is 12.4 Å². The highest BCUT2D eigenvalue weighted by Gasteiger charge is 2.13. The zero-order chi connectivity index (χ0) is 16.8. The second kappa shape index (κ2) is 8.88. The van der Waals surface area contributed by atoms with Gasteiger partial charge in [0.2, 0.25) is 5.75 Å². The summed E-state index contributed by atoms with van der Waals surface area (Å²) < 4.78 is 21.7. The number of nitrogens with two attached hydrogens (primary N) is 1. The first kappa shape index (κ1) is 19.4. The van der Waals surface area contributed by atoms with Gasteiger partial charge >= 0.3 is 0 Å². The lowest BCUT2D eigenvalue weighted by molar-refractivity contribution is 0.298. The molecule has 0 bridgehead atoms. The van der Waals surface area contributed by atoms with Crippen LogP contribution in [0.3, 0.4) is 0 Å². The van der Waals surface area contributed by atoms with Crippen LogP contribution >= 0.6 is 12.4 Å². The summed E-state index contributed by atoms with van der Waals surface area (Å²) in [6.45, 7) is 0.318. The van der Waals surface area contributed by atoms with Crippen molar-refractivity contribution in [3.05, 3.63) is 47.5 Å². The zero-order valence-corrected chi connectivity index (χ0v) is 14.6. The van der Waals surface area contributed by atoms with Gasteiger partial charge in [0.1, 0.15) is 18.2 Å². The van der Waals surface area contributed by atoms with Crippen LogP contribution in [0.5, 0.6) is 23.0 Å². The molecule has 0 unspecified atom stereocenters. The van der Waals surface area contributed by atoms with E-state index in [1.807, 2.05) is 18.2 Å². The van der Waals surface area contributed by atoms with Crippen molar-refractivity contribution in [2.75, 3.05) is 21.3 Å². The largest absolute Gasteiger partial charge is 0.493 e. The van der Waals surface area contributed by atoms with Gasteiger partial charge in [-0.05, 0) is 29.8 Å². The Balaban J connectivity index is 0.00000288. The van der Waals surface area contributed by atoms with Crippen LogP contribution in [0.4, 0.5) is 0 Å². The van der Waals surface area contributed by atoms with Gasteiger partial charge < -0.3 is 24.7 Å². The summed E-state index contributed by atoms with van der Waals surface area (Å²) in [6, 6.07) is 10.7.